The van der Waals surface area contributed by atoms with Crippen molar-refractivity contribution < 1.29 is 0 Å². The number of hydrazine groups is 1. The fraction of sp³-hybridized carbons (Fsp3) is 0.417. The van der Waals surface area contributed by atoms with E-state index in [4.69, 9.17) is 5.26 Å². The monoisotopic (exact) mass is 216 g/mol. The summed E-state index contributed by atoms with van der Waals surface area (Å²) >= 11 is 0. The molecule has 0 amide bonds. The third-order valence-corrected chi connectivity index (χ3v) is 2.80. The van der Waals surface area contributed by atoms with E-state index in [-0.39, 0.29) is 0 Å². The van der Waals surface area contributed by atoms with Crippen LogP contribution in [0.25, 0.3) is 0 Å². The van der Waals surface area contributed by atoms with Gasteiger partial charge in [-0.15, -0.1) is 0 Å². The van der Waals surface area contributed by atoms with Crippen molar-refractivity contribution in [2.45, 2.75) is 0 Å². The smallest absolute Gasteiger partial charge is 0.0991 e. The molecule has 1 aliphatic heterocycles. The van der Waals surface area contributed by atoms with Crippen LogP contribution in [0.2, 0.25) is 0 Å². The number of benzene rings is 1. The molecule has 1 aliphatic rings. The number of anilines is 1. The van der Waals surface area contributed by atoms with Gasteiger partial charge >= 0.3 is 0 Å². The number of nitrogens with one attached hydrogen (secondary N) is 1. The van der Waals surface area contributed by atoms with E-state index in [9.17, 15) is 0 Å². The van der Waals surface area contributed by atoms with E-state index in [0.29, 0.717) is 5.56 Å². The number of rotatable bonds is 2. The van der Waals surface area contributed by atoms with Crippen LogP contribution in [0.5, 0.6) is 0 Å². The molecule has 4 heteroatoms. The lowest BCUT2D eigenvalue weighted by Gasteiger charge is -2.33. The normalized spacial score (nSPS) is 18.0. The Kier molecular flexibility index (Phi) is 3.40. The van der Waals surface area contributed by atoms with Crippen LogP contribution < -0.4 is 5.43 Å². The first-order valence-corrected chi connectivity index (χ1v) is 5.48. The number of nitrogens with zero attached hydrogens (tertiary/aromatic N) is 3. The minimum atomic E-state index is 0.698. The maximum atomic E-state index is 8.69. The Labute approximate surface area is 96.0 Å². The first kappa shape index (κ1) is 10.9. The maximum absolute atomic E-state index is 8.69. The van der Waals surface area contributed by atoms with E-state index < -0.39 is 0 Å². The zero-order valence-corrected chi connectivity index (χ0v) is 9.48. The van der Waals surface area contributed by atoms with Gasteiger partial charge in [-0.25, -0.2) is 5.01 Å². The van der Waals surface area contributed by atoms with Crippen molar-refractivity contribution in [3.63, 3.8) is 0 Å². The molecule has 1 heterocycles. The van der Waals surface area contributed by atoms with Crippen LogP contribution >= 0.6 is 0 Å². The minimum Gasteiger partial charge on any atom is -0.319 e. The summed E-state index contributed by atoms with van der Waals surface area (Å²) < 4.78 is 0. The Bertz CT molecular complexity index is 371. The SMILES string of the molecule is CN1CCN(Nc2ccc(C#N)cc2)CC1. The van der Waals surface area contributed by atoms with Crippen LogP contribution in [0.4, 0.5) is 5.69 Å². The average molecular weight is 216 g/mol. The molecule has 16 heavy (non-hydrogen) atoms. The molecular formula is C12H16N4. The molecule has 1 saturated heterocycles. The van der Waals surface area contributed by atoms with Crippen molar-refractivity contribution in [3.8, 4) is 6.07 Å². The molecule has 0 spiro atoms. The Morgan fingerprint density at radius 3 is 2.31 bits per heavy atom. The van der Waals surface area contributed by atoms with Crippen molar-refractivity contribution >= 4 is 5.69 Å². The lowest BCUT2D eigenvalue weighted by atomic mass is 10.2. The summed E-state index contributed by atoms with van der Waals surface area (Å²) in [6, 6.07) is 9.66. The van der Waals surface area contributed by atoms with Gasteiger partial charge in [-0.2, -0.15) is 5.26 Å². The number of piperazine rings is 1. The molecule has 0 aliphatic carbocycles. The molecule has 1 aromatic rings. The molecule has 0 saturated carbocycles. The highest BCUT2D eigenvalue weighted by Gasteiger charge is 2.12. The first-order chi connectivity index (χ1) is 7.78. The molecule has 84 valence electrons. The second kappa shape index (κ2) is 4.97. The maximum Gasteiger partial charge on any atom is 0.0991 e. The summed E-state index contributed by atoms with van der Waals surface area (Å²) in [5, 5.41) is 10.9. The van der Waals surface area contributed by atoms with Crippen molar-refractivity contribution in [2.75, 3.05) is 38.7 Å². The van der Waals surface area contributed by atoms with E-state index in [1.165, 1.54) is 0 Å². The van der Waals surface area contributed by atoms with Crippen LogP contribution in [0.3, 0.4) is 0 Å². The van der Waals surface area contributed by atoms with Crippen LogP contribution in [-0.4, -0.2) is 43.1 Å². The summed E-state index contributed by atoms with van der Waals surface area (Å²) in [5.41, 5.74) is 5.09. The fourth-order valence-corrected chi connectivity index (χ4v) is 1.72. The van der Waals surface area contributed by atoms with Crippen molar-refractivity contribution in [1.82, 2.24) is 9.91 Å². The van der Waals surface area contributed by atoms with E-state index in [2.05, 4.69) is 28.5 Å². The Hall–Kier alpha value is -1.57. The van der Waals surface area contributed by atoms with Gasteiger partial charge in [-0.05, 0) is 31.3 Å². The van der Waals surface area contributed by atoms with Crippen molar-refractivity contribution in [2.24, 2.45) is 0 Å². The largest absolute Gasteiger partial charge is 0.319 e. The van der Waals surface area contributed by atoms with E-state index >= 15 is 0 Å². The molecule has 2 rings (SSSR count). The van der Waals surface area contributed by atoms with Crippen molar-refractivity contribution in [3.05, 3.63) is 29.8 Å². The molecule has 0 unspecified atom stereocenters. The number of likely N-dealkylation sites (N-methyl/N-ethyl adjacent to an activating group) is 1. The van der Waals surface area contributed by atoms with Gasteiger partial charge in [0.05, 0.1) is 11.6 Å². The predicted molar refractivity (Wildman–Crippen MR) is 63.8 cm³/mol. The molecule has 1 N–H and O–H groups in total. The molecular weight excluding hydrogens is 200 g/mol. The average Bonchev–Trinajstić information content (AvgIpc) is 2.33. The summed E-state index contributed by atoms with van der Waals surface area (Å²) in [5.74, 6) is 0. The molecule has 0 bridgehead atoms. The van der Waals surface area contributed by atoms with Crippen molar-refractivity contribution in [1.29, 1.82) is 5.26 Å². The van der Waals surface area contributed by atoms with Gasteiger partial charge in [-0.3, -0.25) is 0 Å². The second-order valence-corrected chi connectivity index (χ2v) is 4.09. The highest BCUT2D eigenvalue weighted by atomic mass is 15.5. The Balaban J connectivity index is 1.91. The topological polar surface area (TPSA) is 42.3 Å². The van der Waals surface area contributed by atoms with E-state index in [1.807, 2.05) is 24.3 Å². The van der Waals surface area contributed by atoms with Gasteiger partial charge in [-0.1, -0.05) is 0 Å². The van der Waals surface area contributed by atoms with Gasteiger partial charge in [0.15, 0.2) is 0 Å². The van der Waals surface area contributed by atoms with Crippen LogP contribution in [-0.2, 0) is 0 Å². The lowest BCUT2D eigenvalue weighted by Crippen LogP contribution is -2.46. The minimum absolute atomic E-state index is 0.698. The summed E-state index contributed by atoms with van der Waals surface area (Å²) in [6.07, 6.45) is 0. The van der Waals surface area contributed by atoms with E-state index in [1.54, 1.807) is 0 Å². The molecule has 0 radical (unpaired) electrons. The third-order valence-electron chi connectivity index (χ3n) is 2.80. The molecule has 4 nitrogen and oxygen atoms in total. The van der Waals surface area contributed by atoms with Crippen LogP contribution in [0, 0.1) is 11.3 Å². The van der Waals surface area contributed by atoms with Crippen LogP contribution in [0.15, 0.2) is 24.3 Å². The van der Waals surface area contributed by atoms with E-state index in [0.717, 1.165) is 31.9 Å². The van der Waals surface area contributed by atoms with Gasteiger partial charge < -0.3 is 10.3 Å². The predicted octanol–water partition coefficient (Wildman–Crippen LogP) is 1.13. The summed E-state index contributed by atoms with van der Waals surface area (Å²) in [4.78, 5) is 2.32. The number of nitriles is 1. The lowest BCUT2D eigenvalue weighted by molar-refractivity contribution is 0.179. The highest BCUT2D eigenvalue weighted by molar-refractivity contribution is 5.46. The van der Waals surface area contributed by atoms with Crippen LogP contribution in [0.1, 0.15) is 5.56 Å². The Morgan fingerprint density at radius 2 is 1.75 bits per heavy atom. The number of hydrogen-bond acceptors (Lipinski definition) is 4. The standard InChI is InChI=1S/C12H16N4/c1-15-6-8-16(9-7-15)14-12-4-2-11(10-13)3-5-12/h2-5,14H,6-9H2,1H3. The second-order valence-electron chi connectivity index (χ2n) is 4.09. The molecule has 0 atom stereocenters. The molecule has 1 aromatic carbocycles. The zero-order valence-electron chi connectivity index (χ0n) is 9.48. The summed E-state index contributed by atoms with van der Waals surface area (Å²) in [7, 11) is 2.14. The van der Waals surface area contributed by atoms with Gasteiger partial charge in [0, 0.05) is 31.9 Å². The van der Waals surface area contributed by atoms with Gasteiger partial charge in [0.25, 0.3) is 0 Å². The highest BCUT2D eigenvalue weighted by Crippen LogP contribution is 2.10. The molecule has 0 aromatic heterocycles. The number of hydrogen-bond donors (Lipinski definition) is 1. The van der Waals surface area contributed by atoms with Gasteiger partial charge in [0.1, 0.15) is 0 Å². The quantitative estimate of drug-likeness (QED) is 0.805. The zero-order chi connectivity index (χ0) is 11.4. The molecule has 1 fully saturated rings. The fourth-order valence-electron chi connectivity index (χ4n) is 1.72. The van der Waals surface area contributed by atoms with Gasteiger partial charge in [0.2, 0.25) is 0 Å². The third kappa shape index (κ3) is 2.72. The first-order valence-electron chi connectivity index (χ1n) is 5.48. The summed E-state index contributed by atoms with van der Waals surface area (Å²) in [6.45, 7) is 4.22. The Morgan fingerprint density at radius 1 is 1.12 bits per heavy atom.